The molecule has 0 saturated carbocycles. The number of methoxy groups -OCH3 is 2. The summed E-state index contributed by atoms with van der Waals surface area (Å²) in [7, 11) is 3.26. The quantitative estimate of drug-likeness (QED) is 0.820. The van der Waals surface area contributed by atoms with Gasteiger partial charge in [0.25, 0.3) is 0 Å². The van der Waals surface area contributed by atoms with Crippen LogP contribution in [0.1, 0.15) is 11.7 Å². The summed E-state index contributed by atoms with van der Waals surface area (Å²) in [6, 6.07) is 4.36. The molecule has 0 spiro atoms. The van der Waals surface area contributed by atoms with E-state index in [0.29, 0.717) is 31.9 Å². The van der Waals surface area contributed by atoms with Crippen LogP contribution in [-0.2, 0) is 9.47 Å². The second-order valence-corrected chi connectivity index (χ2v) is 5.00. The van der Waals surface area contributed by atoms with Crippen molar-refractivity contribution >= 4 is 0 Å². The molecule has 1 heterocycles. The first kappa shape index (κ1) is 16.2. The van der Waals surface area contributed by atoms with E-state index in [-0.39, 0.29) is 18.4 Å². The standard InChI is InChI=1S/C15H22FNO4/c1-19-8-6-17(7-9-20-2)13-10-21-15-11(14(13)18)4-3-5-12(15)16/h3-5,13-14,18H,6-10H2,1-2H3. The lowest BCUT2D eigenvalue weighted by atomic mass is 9.97. The molecule has 0 amide bonds. The summed E-state index contributed by atoms with van der Waals surface area (Å²) in [4.78, 5) is 2.05. The Bertz CT molecular complexity index is 449. The summed E-state index contributed by atoms with van der Waals surface area (Å²) in [5.74, 6) is -0.287. The molecule has 2 rings (SSSR count). The van der Waals surface area contributed by atoms with Crippen molar-refractivity contribution in [1.29, 1.82) is 0 Å². The maximum absolute atomic E-state index is 13.7. The van der Waals surface area contributed by atoms with Gasteiger partial charge in [0, 0.05) is 32.9 Å². The maximum atomic E-state index is 13.7. The van der Waals surface area contributed by atoms with Crippen LogP contribution in [-0.4, -0.2) is 63.2 Å². The second-order valence-electron chi connectivity index (χ2n) is 5.00. The van der Waals surface area contributed by atoms with Crippen LogP contribution in [0.3, 0.4) is 0 Å². The van der Waals surface area contributed by atoms with Crippen LogP contribution in [0, 0.1) is 5.82 Å². The van der Waals surface area contributed by atoms with Crippen molar-refractivity contribution in [2.24, 2.45) is 0 Å². The molecule has 0 fully saturated rings. The van der Waals surface area contributed by atoms with Crippen LogP contribution < -0.4 is 4.74 Å². The highest BCUT2D eigenvalue weighted by Crippen LogP contribution is 2.35. The van der Waals surface area contributed by atoms with E-state index in [9.17, 15) is 9.50 Å². The number of hydrogen-bond donors (Lipinski definition) is 1. The molecule has 1 aliphatic heterocycles. The summed E-state index contributed by atoms with van der Waals surface area (Å²) in [6.07, 6.45) is -0.793. The molecule has 2 unspecified atom stereocenters. The summed E-state index contributed by atoms with van der Waals surface area (Å²) >= 11 is 0. The van der Waals surface area contributed by atoms with Crippen molar-refractivity contribution in [3.8, 4) is 5.75 Å². The lowest BCUT2D eigenvalue weighted by Crippen LogP contribution is -2.48. The lowest BCUT2D eigenvalue weighted by Gasteiger charge is -2.38. The van der Waals surface area contributed by atoms with Gasteiger partial charge < -0.3 is 19.3 Å². The fourth-order valence-corrected chi connectivity index (χ4v) is 2.54. The van der Waals surface area contributed by atoms with Gasteiger partial charge in [-0.1, -0.05) is 12.1 Å². The van der Waals surface area contributed by atoms with Crippen LogP contribution in [0.15, 0.2) is 18.2 Å². The van der Waals surface area contributed by atoms with Crippen LogP contribution in [0.25, 0.3) is 0 Å². The van der Waals surface area contributed by atoms with Gasteiger partial charge in [-0.05, 0) is 6.07 Å². The van der Waals surface area contributed by atoms with E-state index in [4.69, 9.17) is 14.2 Å². The number of fused-ring (bicyclic) bond motifs is 1. The van der Waals surface area contributed by atoms with E-state index in [1.165, 1.54) is 6.07 Å². The third kappa shape index (κ3) is 3.71. The fraction of sp³-hybridized carbons (Fsp3) is 0.600. The average Bonchev–Trinajstić information content (AvgIpc) is 2.49. The fourth-order valence-electron chi connectivity index (χ4n) is 2.54. The largest absolute Gasteiger partial charge is 0.488 e. The number of hydrogen-bond acceptors (Lipinski definition) is 5. The van der Waals surface area contributed by atoms with Gasteiger partial charge in [-0.25, -0.2) is 4.39 Å². The number of benzene rings is 1. The van der Waals surface area contributed by atoms with Gasteiger partial charge >= 0.3 is 0 Å². The van der Waals surface area contributed by atoms with Crippen molar-refractivity contribution in [2.75, 3.05) is 47.1 Å². The molecule has 2 atom stereocenters. The number of rotatable bonds is 7. The predicted molar refractivity (Wildman–Crippen MR) is 76.0 cm³/mol. The van der Waals surface area contributed by atoms with Gasteiger partial charge in [0.2, 0.25) is 0 Å². The molecule has 1 aromatic rings. The monoisotopic (exact) mass is 299 g/mol. The number of ether oxygens (including phenoxy) is 3. The van der Waals surface area contributed by atoms with Gasteiger partial charge in [-0.15, -0.1) is 0 Å². The van der Waals surface area contributed by atoms with Crippen LogP contribution in [0.4, 0.5) is 4.39 Å². The van der Waals surface area contributed by atoms with Gasteiger partial charge in [-0.3, -0.25) is 4.90 Å². The number of aliphatic hydroxyl groups is 1. The van der Waals surface area contributed by atoms with Crippen molar-refractivity contribution < 1.29 is 23.7 Å². The van der Waals surface area contributed by atoms with Crippen molar-refractivity contribution in [1.82, 2.24) is 4.90 Å². The normalized spacial score (nSPS) is 21.2. The smallest absolute Gasteiger partial charge is 0.165 e. The second kappa shape index (κ2) is 7.70. The molecular weight excluding hydrogens is 277 g/mol. The maximum Gasteiger partial charge on any atom is 0.165 e. The molecule has 0 saturated heterocycles. The number of aliphatic hydroxyl groups excluding tert-OH is 1. The highest BCUT2D eigenvalue weighted by molar-refractivity contribution is 5.39. The number of halogens is 1. The van der Waals surface area contributed by atoms with Gasteiger partial charge in [0.05, 0.1) is 19.3 Å². The van der Waals surface area contributed by atoms with Crippen molar-refractivity contribution in [2.45, 2.75) is 12.1 Å². The van der Waals surface area contributed by atoms with E-state index < -0.39 is 11.9 Å². The molecule has 1 aromatic carbocycles. The number of nitrogens with zero attached hydrogens (tertiary/aromatic N) is 1. The highest BCUT2D eigenvalue weighted by Gasteiger charge is 2.34. The molecular formula is C15H22FNO4. The first-order valence-electron chi connectivity index (χ1n) is 7.00. The molecule has 1 aliphatic rings. The molecule has 0 aliphatic carbocycles. The Morgan fingerprint density at radius 2 is 1.95 bits per heavy atom. The minimum absolute atomic E-state index is 0.152. The topological polar surface area (TPSA) is 51.2 Å². The van der Waals surface area contributed by atoms with E-state index in [0.717, 1.165) is 0 Å². The zero-order valence-electron chi connectivity index (χ0n) is 12.4. The Morgan fingerprint density at radius 1 is 1.29 bits per heavy atom. The zero-order chi connectivity index (χ0) is 15.2. The Hall–Kier alpha value is -1.21. The summed E-state index contributed by atoms with van der Waals surface area (Å²) < 4.78 is 29.4. The molecule has 118 valence electrons. The minimum Gasteiger partial charge on any atom is -0.488 e. The molecule has 6 heteroatoms. The minimum atomic E-state index is -0.793. The summed E-state index contributed by atoms with van der Waals surface area (Å²) in [6.45, 7) is 2.62. The summed E-state index contributed by atoms with van der Waals surface area (Å²) in [5.41, 5.74) is 0.492. The Kier molecular flexibility index (Phi) is 5.93. The van der Waals surface area contributed by atoms with Crippen LogP contribution in [0.5, 0.6) is 5.75 Å². The summed E-state index contributed by atoms with van der Waals surface area (Å²) in [5, 5.41) is 10.5. The first-order chi connectivity index (χ1) is 10.2. The predicted octanol–water partition coefficient (Wildman–Crippen LogP) is 1.21. The molecule has 0 aromatic heterocycles. The molecule has 1 N–H and O–H groups in total. The van der Waals surface area contributed by atoms with Gasteiger partial charge in [0.1, 0.15) is 12.7 Å². The van der Waals surface area contributed by atoms with Gasteiger partial charge in [0.15, 0.2) is 11.6 Å². The third-order valence-corrected chi connectivity index (χ3v) is 3.71. The van der Waals surface area contributed by atoms with E-state index in [2.05, 4.69) is 0 Å². The molecule has 5 nitrogen and oxygen atoms in total. The van der Waals surface area contributed by atoms with Crippen LogP contribution >= 0.6 is 0 Å². The van der Waals surface area contributed by atoms with Gasteiger partial charge in [-0.2, -0.15) is 0 Å². The first-order valence-corrected chi connectivity index (χ1v) is 7.00. The average molecular weight is 299 g/mol. The SMILES string of the molecule is COCCN(CCOC)C1COc2c(F)cccc2C1O. The third-order valence-electron chi connectivity index (χ3n) is 3.71. The van der Waals surface area contributed by atoms with E-state index in [1.54, 1.807) is 26.4 Å². The lowest BCUT2D eigenvalue weighted by molar-refractivity contribution is -0.0158. The Balaban J connectivity index is 2.15. The molecule has 0 radical (unpaired) electrons. The van der Waals surface area contributed by atoms with E-state index in [1.807, 2.05) is 4.90 Å². The Morgan fingerprint density at radius 3 is 2.57 bits per heavy atom. The zero-order valence-corrected chi connectivity index (χ0v) is 12.4. The van der Waals surface area contributed by atoms with Crippen LogP contribution in [0.2, 0.25) is 0 Å². The van der Waals surface area contributed by atoms with E-state index >= 15 is 0 Å². The Labute approximate surface area is 124 Å². The van der Waals surface area contributed by atoms with Crippen molar-refractivity contribution in [3.05, 3.63) is 29.6 Å². The number of para-hydroxylation sites is 1. The molecule has 0 bridgehead atoms. The van der Waals surface area contributed by atoms with Crippen molar-refractivity contribution in [3.63, 3.8) is 0 Å². The highest BCUT2D eigenvalue weighted by atomic mass is 19.1. The molecule has 21 heavy (non-hydrogen) atoms.